The normalized spacial score (nSPS) is 13.5. The summed E-state index contributed by atoms with van der Waals surface area (Å²) >= 11 is 0. The Morgan fingerprint density at radius 2 is 2.03 bits per heavy atom. The highest BCUT2D eigenvalue weighted by molar-refractivity contribution is 6.05. The Morgan fingerprint density at radius 1 is 1.23 bits per heavy atom. The molecule has 2 heterocycles. The fourth-order valence-corrected chi connectivity index (χ4v) is 3.39. The van der Waals surface area contributed by atoms with Gasteiger partial charge in [0.05, 0.1) is 24.2 Å². The number of anilines is 2. The Hall–Kier alpha value is -3.68. The van der Waals surface area contributed by atoms with E-state index in [1.165, 1.54) is 17.0 Å². The summed E-state index contributed by atoms with van der Waals surface area (Å²) in [5.74, 6) is -0.850. The van der Waals surface area contributed by atoms with Gasteiger partial charge in [-0.2, -0.15) is 5.10 Å². The summed E-state index contributed by atoms with van der Waals surface area (Å²) in [5.41, 5.74) is 1.37. The van der Waals surface area contributed by atoms with Crippen molar-refractivity contribution in [3.05, 3.63) is 66.2 Å². The Bertz CT molecular complexity index is 1080. The van der Waals surface area contributed by atoms with Gasteiger partial charge in [0.15, 0.2) is 11.4 Å². The lowest BCUT2D eigenvalue weighted by molar-refractivity contribution is -0.117. The van der Waals surface area contributed by atoms with Crippen molar-refractivity contribution in [1.29, 1.82) is 0 Å². The molecule has 0 atom stereocenters. The molecule has 2 aromatic carbocycles. The van der Waals surface area contributed by atoms with Gasteiger partial charge in [-0.25, -0.2) is 9.07 Å². The maximum Gasteiger partial charge on any atom is 0.280 e. The van der Waals surface area contributed by atoms with E-state index >= 15 is 0 Å². The summed E-state index contributed by atoms with van der Waals surface area (Å²) < 4.78 is 21.7. The minimum atomic E-state index is -0.567. The van der Waals surface area contributed by atoms with Crippen LogP contribution in [0.5, 0.6) is 5.75 Å². The van der Waals surface area contributed by atoms with Gasteiger partial charge in [0.1, 0.15) is 5.82 Å². The SMILES string of the molecule is CCOc1cn(-c2ccccc2)nc1C(=O)Nc1ccc(N2CCCC2=O)c(F)c1. The van der Waals surface area contributed by atoms with E-state index in [-0.39, 0.29) is 23.0 Å². The van der Waals surface area contributed by atoms with Crippen LogP contribution >= 0.6 is 0 Å². The van der Waals surface area contributed by atoms with E-state index in [4.69, 9.17) is 4.74 Å². The molecule has 30 heavy (non-hydrogen) atoms. The van der Waals surface area contributed by atoms with E-state index in [9.17, 15) is 14.0 Å². The number of nitrogens with zero attached hydrogens (tertiary/aromatic N) is 3. The first-order valence-electron chi connectivity index (χ1n) is 9.76. The number of ether oxygens (including phenoxy) is 1. The van der Waals surface area contributed by atoms with E-state index in [0.717, 1.165) is 5.69 Å². The molecule has 0 saturated carbocycles. The Kier molecular flexibility index (Phi) is 5.47. The predicted octanol–water partition coefficient (Wildman–Crippen LogP) is 3.79. The van der Waals surface area contributed by atoms with Crippen LogP contribution in [-0.4, -0.2) is 34.7 Å². The smallest absolute Gasteiger partial charge is 0.280 e. The van der Waals surface area contributed by atoms with Gasteiger partial charge >= 0.3 is 0 Å². The van der Waals surface area contributed by atoms with Crippen molar-refractivity contribution < 1.29 is 18.7 Å². The first-order valence-corrected chi connectivity index (χ1v) is 9.76. The van der Waals surface area contributed by atoms with Gasteiger partial charge < -0.3 is 15.0 Å². The van der Waals surface area contributed by atoms with Crippen molar-refractivity contribution in [2.45, 2.75) is 19.8 Å². The van der Waals surface area contributed by atoms with Crippen LogP contribution in [0.25, 0.3) is 5.69 Å². The molecule has 4 rings (SSSR count). The lowest BCUT2D eigenvalue weighted by Crippen LogP contribution is -2.24. The standard InChI is InChI=1S/C22H21FN4O3/c1-2-30-19-14-27(16-7-4-3-5-8-16)25-21(19)22(29)24-15-10-11-18(17(23)13-15)26-12-6-9-20(26)28/h3-5,7-8,10-11,13-14H,2,6,9,12H2,1H3,(H,24,29). The molecule has 7 nitrogen and oxygen atoms in total. The van der Waals surface area contributed by atoms with E-state index in [2.05, 4.69) is 10.4 Å². The monoisotopic (exact) mass is 408 g/mol. The average Bonchev–Trinajstić information content (AvgIpc) is 3.36. The summed E-state index contributed by atoms with van der Waals surface area (Å²) in [7, 11) is 0. The molecule has 3 aromatic rings. The number of amides is 2. The molecule has 8 heteroatoms. The predicted molar refractivity (Wildman–Crippen MR) is 111 cm³/mol. The second kappa shape index (κ2) is 8.36. The number of para-hydroxylation sites is 1. The molecular formula is C22H21FN4O3. The lowest BCUT2D eigenvalue weighted by atomic mass is 10.2. The van der Waals surface area contributed by atoms with Gasteiger partial charge in [0.2, 0.25) is 5.91 Å². The first kappa shape index (κ1) is 19.6. The minimum Gasteiger partial charge on any atom is -0.490 e. The Balaban J connectivity index is 1.57. The molecule has 1 N–H and O–H groups in total. The summed E-state index contributed by atoms with van der Waals surface area (Å²) in [6.07, 6.45) is 2.76. The van der Waals surface area contributed by atoms with E-state index in [0.29, 0.717) is 31.7 Å². The highest BCUT2D eigenvalue weighted by Gasteiger charge is 2.25. The molecule has 0 aliphatic carbocycles. The Labute approximate surface area is 173 Å². The third kappa shape index (κ3) is 3.89. The van der Waals surface area contributed by atoms with Crippen LogP contribution in [0.1, 0.15) is 30.3 Å². The van der Waals surface area contributed by atoms with Crippen LogP contribution in [0.2, 0.25) is 0 Å². The molecule has 0 unspecified atom stereocenters. The maximum absolute atomic E-state index is 14.6. The molecule has 154 valence electrons. The third-order valence-corrected chi connectivity index (χ3v) is 4.79. The number of carbonyl (C=O) groups excluding carboxylic acids is 2. The van der Waals surface area contributed by atoms with E-state index < -0.39 is 11.7 Å². The summed E-state index contributed by atoms with van der Waals surface area (Å²) in [4.78, 5) is 26.1. The number of carbonyl (C=O) groups is 2. The number of rotatable bonds is 6. The van der Waals surface area contributed by atoms with Crippen LogP contribution in [0, 0.1) is 5.82 Å². The van der Waals surface area contributed by atoms with Crippen LogP contribution in [0.15, 0.2) is 54.7 Å². The van der Waals surface area contributed by atoms with Gasteiger partial charge in [0, 0.05) is 18.7 Å². The second-order valence-corrected chi connectivity index (χ2v) is 6.82. The zero-order chi connectivity index (χ0) is 21.1. The summed E-state index contributed by atoms with van der Waals surface area (Å²) in [5, 5.41) is 6.99. The molecule has 1 fully saturated rings. The van der Waals surface area contributed by atoms with Gasteiger partial charge in [0.25, 0.3) is 5.91 Å². The summed E-state index contributed by atoms with van der Waals surface area (Å²) in [6, 6.07) is 13.6. The molecule has 0 spiro atoms. The second-order valence-electron chi connectivity index (χ2n) is 6.82. The highest BCUT2D eigenvalue weighted by atomic mass is 19.1. The van der Waals surface area contributed by atoms with E-state index in [1.807, 2.05) is 37.3 Å². The van der Waals surface area contributed by atoms with Crippen molar-refractivity contribution in [3.63, 3.8) is 0 Å². The third-order valence-electron chi connectivity index (χ3n) is 4.79. The van der Waals surface area contributed by atoms with Crippen molar-refractivity contribution in [1.82, 2.24) is 9.78 Å². The number of benzene rings is 2. The zero-order valence-corrected chi connectivity index (χ0v) is 16.5. The molecule has 2 amide bonds. The van der Waals surface area contributed by atoms with Gasteiger partial charge in [-0.15, -0.1) is 0 Å². The van der Waals surface area contributed by atoms with Crippen LogP contribution in [-0.2, 0) is 4.79 Å². The van der Waals surface area contributed by atoms with Crippen molar-refractivity contribution in [2.24, 2.45) is 0 Å². The number of hydrogen-bond acceptors (Lipinski definition) is 4. The van der Waals surface area contributed by atoms with Crippen molar-refractivity contribution >= 4 is 23.2 Å². The van der Waals surface area contributed by atoms with Gasteiger partial charge in [-0.05, 0) is 43.7 Å². The molecular weight excluding hydrogens is 387 g/mol. The number of halogens is 1. The fourth-order valence-electron chi connectivity index (χ4n) is 3.39. The number of aromatic nitrogens is 2. The molecule has 1 aromatic heterocycles. The van der Waals surface area contributed by atoms with Crippen molar-refractivity contribution in [3.8, 4) is 11.4 Å². The maximum atomic E-state index is 14.6. The fraction of sp³-hybridized carbons (Fsp3) is 0.227. The largest absolute Gasteiger partial charge is 0.490 e. The minimum absolute atomic E-state index is 0.0971. The first-order chi connectivity index (χ1) is 14.6. The molecule has 1 saturated heterocycles. The number of hydrogen-bond donors (Lipinski definition) is 1. The quantitative estimate of drug-likeness (QED) is 0.673. The van der Waals surface area contributed by atoms with Crippen LogP contribution < -0.4 is 15.0 Å². The highest BCUT2D eigenvalue weighted by Crippen LogP contribution is 2.27. The Morgan fingerprint density at radius 3 is 2.70 bits per heavy atom. The van der Waals surface area contributed by atoms with Crippen LogP contribution in [0.3, 0.4) is 0 Å². The molecule has 1 aliphatic heterocycles. The van der Waals surface area contributed by atoms with Gasteiger partial charge in [-0.3, -0.25) is 9.59 Å². The van der Waals surface area contributed by atoms with Crippen molar-refractivity contribution in [2.75, 3.05) is 23.4 Å². The van der Waals surface area contributed by atoms with Gasteiger partial charge in [-0.1, -0.05) is 18.2 Å². The molecule has 0 radical (unpaired) electrons. The molecule has 0 bridgehead atoms. The molecule has 1 aliphatic rings. The van der Waals surface area contributed by atoms with E-state index in [1.54, 1.807) is 16.9 Å². The average molecular weight is 408 g/mol. The topological polar surface area (TPSA) is 76.5 Å². The summed E-state index contributed by atoms with van der Waals surface area (Å²) in [6.45, 7) is 2.68. The van der Waals surface area contributed by atoms with Crippen LogP contribution in [0.4, 0.5) is 15.8 Å². The zero-order valence-electron chi connectivity index (χ0n) is 16.5. The lowest BCUT2D eigenvalue weighted by Gasteiger charge is -2.17. The number of nitrogens with one attached hydrogen (secondary N) is 1.